The summed E-state index contributed by atoms with van der Waals surface area (Å²) in [5.74, 6) is 1.87. The Morgan fingerprint density at radius 3 is 2.62 bits per heavy atom. The summed E-state index contributed by atoms with van der Waals surface area (Å²) >= 11 is 1.46. The summed E-state index contributed by atoms with van der Waals surface area (Å²) in [6, 6.07) is 7.05. The number of benzene rings is 1. The first-order chi connectivity index (χ1) is 16.4. The highest BCUT2D eigenvalue weighted by atomic mass is 32.2. The van der Waals surface area contributed by atoms with Crippen molar-refractivity contribution in [1.82, 2.24) is 25.3 Å². The van der Waals surface area contributed by atoms with Crippen LogP contribution < -0.4 is 20.9 Å². The van der Waals surface area contributed by atoms with Crippen LogP contribution in [0.3, 0.4) is 0 Å². The van der Waals surface area contributed by atoms with Crippen LogP contribution in [0, 0.1) is 6.92 Å². The van der Waals surface area contributed by atoms with E-state index in [1.165, 1.54) is 17.8 Å². The Hall–Kier alpha value is -3.66. The van der Waals surface area contributed by atoms with Gasteiger partial charge in [-0.2, -0.15) is 0 Å². The molecule has 0 unspecified atom stereocenters. The first kappa shape index (κ1) is 26.6. The minimum atomic E-state index is -0.258. The van der Waals surface area contributed by atoms with Crippen molar-refractivity contribution >= 4 is 39.7 Å². The zero-order valence-electron chi connectivity index (χ0n) is 20.2. The molecule has 3 N–H and O–H groups in total. The molecule has 0 fully saturated rings. The second-order valence-electron chi connectivity index (χ2n) is 6.77. The number of hydrogen-bond donors (Lipinski definition) is 3. The fraction of sp³-hybridized carbons (Fsp3) is 0.292. The number of aromatic amines is 1. The molecule has 180 valence electrons. The molecule has 1 aliphatic rings. The van der Waals surface area contributed by atoms with Gasteiger partial charge in [-0.15, -0.1) is 6.58 Å². The number of H-pyrrole nitrogens is 1. The van der Waals surface area contributed by atoms with E-state index in [4.69, 9.17) is 4.74 Å². The minimum Gasteiger partial charge on any atom is -0.497 e. The number of aliphatic imine (C=N–C) groups is 1. The van der Waals surface area contributed by atoms with Crippen LogP contribution in [0.4, 0.5) is 11.9 Å². The maximum atomic E-state index is 12.0. The summed E-state index contributed by atoms with van der Waals surface area (Å²) in [6.07, 6.45) is 1.75. The third-order valence-electron chi connectivity index (χ3n) is 4.17. The third-order valence-corrected chi connectivity index (χ3v) is 5.12. The molecule has 0 aliphatic carbocycles. The molecule has 1 aromatic carbocycles. The number of anilines is 2. The van der Waals surface area contributed by atoms with Gasteiger partial charge in [-0.1, -0.05) is 38.3 Å². The largest absolute Gasteiger partial charge is 0.497 e. The summed E-state index contributed by atoms with van der Waals surface area (Å²) < 4.78 is 5.25. The van der Waals surface area contributed by atoms with E-state index in [1.54, 1.807) is 13.2 Å². The number of hydrogen-bond acceptors (Lipinski definition) is 9. The van der Waals surface area contributed by atoms with Gasteiger partial charge in [0.15, 0.2) is 5.17 Å². The van der Waals surface area contributed by atoms with Gasteiger partial charge in [0.25, 0.3) is 5.56 Å². The first-order valence-corrected chi connectivity index (χ1v) is 11.8. The topological polar surface area (TPSA) is 117 Å². The van der Waals surface area contributed by atoms with E-state index < -0.39 is 0 Å². The molecule has 0 bridgehead atoms. The number of nitrogens with one attached hydrogen (secondary N) is 3. The van der Waals surface area contributed by atoms with E-state index in [2.05, 4.69) is 48.7 Å². The highest BCUT2D eigenvalue weighted by Crippen LogP contribution is 2.23. The fourth-order valence-corrected chi connectivity index (χ4v) is 3.62. The number of fused-ring (bicyclic) bond motifs is 1. The van der Waals surface area contributed by atoms with E-state index in [-0.39, 0.29) is 11.5 Å². The lowest BCUT2D eigenvalue weighted by Gasteiger charge is -2.09. The molecule has 4 rings (SSSR count). The zero-order chi connectivity index (χ0) is 25.1. The summed E-state index contributed by atoms with van der Waals surface area (Å²) in [4.78, 5) is 32.4. The average molecular weight is 482 g/mol. The highest BCUT2D eigenvalue weighted by molar-refractivity contribution is 8.13. The van der Waals surface area contributed by atoms with Crippen LogP contribution in [0.1, 0.15) is 32.2 Å². The molecule has 0 saturated carbocycles. The van der Waals surface area contributed by atoms with E-state index in [9.17, 15) is 4.79 Å². The Morgan fingerprint density at radius 2 is 1.97 bits per heavy atom. The minimum absolute atomic E-state index is 0.258. The van der Waals surface area contributed by atoms with Gasteiger partial charge < -0.3 is 10.1 Å². The summed E-state index contributed by atoms with van der Waals surface area (Å²) in [6.45, 7) is 15.5. The molecule has 0 atom stereocenters. The highest BCUT2D eigenvalue weighted by Gasteiger charge is 2.12. The number of methoxy groups -OCH3 is 1. The molecule has 2 aromatic heterocycles. The van der Waals surface area contributed by atoms with E-state index in [0.29, 0.717) is 23.9 Å². The van der Waals surface area contributed by atoms with Gasteiger partial charge in [-0.3, -0.25) is 20.1 Å². The first-order valence-electron chi connectivity index (χ1n) is 10.8. The van der Waals surface area contributed by atoms with Crippen molar-refractivity contribution in [1.29, 1.82) is 0 Å². The number of thioether (sulfide) groups is 1. The number of ether oxygens (including phenoxy) is 1. The number of amidine groups is 1. The molecule has 1 aliphatic heterocycles. The van der Waals surface area contributed by atoms with Gasteiger partial charge in [0.1, 0.15) is 5.75 Å². The Kier molecular flexibility index (Phi) is 10.3. The second-order valence-corrected chi connectivity index (χ2v) is 7.74. The van der Waals surface area contributed by atoms with Crippen LogP contribution in [0.15, 0.2) is 59.0 Å². The van der Waals surface area contributed by atoms with E-state index >= 15 is 0 Å². The predicted octanol–water partition coefficient (Wildman–Crippen LogP) is 4.70. The molecule has 34 heavy (non-hydrogen) atoms. The normalized spacial score (nSPS) is 11.9. The molecular weight excluding hydrogens is 450 g/mol. The van der Waals surface area contributed by atoms with Gasteiger partial charge >= 0.3 is 0 Å². The van der Waals surface area contributed by atoms with E-state index in [0.717, 1.165) is 33.2 Å². The van der Waals surface area contributed by atoms with Crippen LogP contribution in [-0.4, -0.2) is 38.8 Å². The van der Waals surface area contributed by atoms with Crippen molar-refractivity contribution in [2.75, 3.05) is 19.0 Å². The number of aromatic nitrogens is 4. The van der Waals surface area contributed by atoms with Crippen molar-refractivity contribution in [3.05, 3.63) is 70.9 Å². The predicted molar refractivity (Wildman–Crippen MR) is 142 cm³/mol. The third kappa shape index (κ3) is 7.45. The zero-order valence-corrected chi connectivity index (χ0v) is 21.0. The SMILES string of the molecule is C=C1CN=C(SCc2cc(=O)[nH]c(Nc3nc(C)c4cc(OC)ccc4n3)n2)N1.C=CC.CC. The Balaban J connectivity index is 0.000000758. The van der Waals surface area contributed by atoms with Crippen molar-refractivity contribution in [3.63, 3.8) is 0 Å². The Bertz CT molecular complexity index is 1240. The fourth-order valence-electron chi connectivity index (χ4n) is 2.81. The smallest absolute Gasteiger partial charge is 0.252 e. The van der Waals surface area contributed by atoms with Gasteiger partial charge in [0.2, 0.25) is 11.9 Å². The van der Waals surface area contributed by atoms with Crippen molar-refractivity contribution < 1.29 is 4.74 Å². The quantitative estimate of drug-likeness (QED) is 0.449. The van der Waals surface area contributed by atoms with Crippen LogP contribution in [-0.2, 0) is 5.75 Å². The van der Waals surface area contributed by atoms with E-state index in [1.807, 2.05) is 45.9 Å². The van der Waals surface area contributed by atoms with Gasteiger partial charge in [0, 0.05) is 22.9 Å². The number of nitrogens with zero attached hydrogens (tertiary/aromatic N) is 4. The molecule has 0 amide bonds. The molecule has 0 saturated heterocycles. The van der Waals surface area contributed by atoms with Crippen molar-refractivity contribution in [2.45, 2.75) is 33.4 Å². The molecule has 0 radical (unpaired) electrons. The molecule has 0 spiro atoms. The van der Waals surface area contributed by atoms with Gasteiger partial charge in [-0.05, 0) is 32.0 Å². The molecule has 3 aromatic rings. The Labute approximate surface area is 203 Å². The van der Waals surface area contributed by atoms with Crippen LogP contribution >= 0.6 is 11.8 Å². The summed E-state index contributed by atoms with van der Waals surface area (Å²) in [7, 11) is 1.62. The van der Waals surface area contributed by atoms with Gasteiger partial charge in [0.05, 0.1) is 30.6 Å². The van der Waals surface area contributed by atoms with Crippen molar-refractivity contribution in [3.8, 4) is 5.75 Å². The monoisotopic (exact) mass is 481 g/mol. The van der Waals surface area contributed by atoms with Crippen LogP contribution in [0.5, 0.6) is 5.75 Å². The summed E-state index contributed by atoms with van der Waals surface area (Å²) in [5.41, 5.74) is 2.77. The lowest BCUT2D eigenvalue weighted by Crippen LogP contribution is -2.15. The number of rotatable bonds is 5. The average Bonchev–Trinajstić information content (AvgIpc) is 3.24. The lowest BCUT2D eigenvalue weighted by molar-refractivity contribution is 0.415. The lowest BCUT2D eigenvalue weighted by atomic mass is 10.2. The molecule has 9 nitrogen and oxygen atoms in total. The van der Waals surface area contributed by atoms with Crippen molar-refractivity contribution in [2.24, 2.45) is 4.99 Å². The standard InChI is InChI=1S/C19H19N7O2S.C3H6.C2H6/c1-10-8-20-19(21-10)29-9-12-6-16(27)25-18(23-12)26-17-22-11(2)14-7-13(28-3)4-5-15(14)24-17;1-3-2;1-2/h4-7H,1,8-9H2,2-3H3,(H,20,21)(H2,22,23,24,25,26,27);3H,1H2,2H3;1-2H3. The molecule has 10 heteroatoms. The second kappa shape index (κ2) is 13.1. The molecule has 3 heterocycles. The summed E-state index contributed by atoms with van der Waals surface area (Å²) in [5, 5.41) is 7.75. The number of allylic oxidation sites excluding steroid dienone is 1. The van der Waals surface area contributed by atoms with Gasteiger partial charge in [-0.25, -0.2) is 15.0 Å². The van der Waals surface area contributed by atoms with Crippen LogP contribution in [0.25, 0.3) is 10.9 Å². The molecular formula is C24H31N7O2S. The Morgan fingerprint density at radius 1 is 1.24 bits per heavy atom. The van der Waals surface area contributed by atoms with Crippen LogP contribution in [0.2, 0.25) is 0 Å². The maximum absolute atomic E-state index is 12.0. The number of aryl methyl sites for hydroxylation is 1. The maximum Gasteiger partial charge on any atom is 0.252 e.